The van der Waals surface area contributed by atoms with Crippen molar-refractivity contribution in [3.8, 4) is 11.1 Å². The maximum absolute atomic E-state index is 12.0. The first kappa shape index (κ1) is 16.5. The molecule has 2 aromatic rings. The van der Waals surface area contributed by atoms with Gasteiger partial charge >= 0.3 is 0 Å². The van der Waals surface area contributed by atoms with Crippen LogP contribution in [0.2, 0.25) is 5.02 Å². The highest BCUT2D eigenvalue weighted by Gasteiger charge is 2.11. The third kappa shape index (κ3) is 4.07. The molecular formula is C17H18ClNO3. The number of carbonyl (C=O) groups is 1. The minimum Gasteiger partial charge on any atom is -0.395 e. The Morgan fingerprint density at radius 2 is 1.95 bits per heavy atom. The number of hydrogen-bond donors (Lipinski definition) is 2. The summed E-state index contributed by atoms with van der Waals surface area (Å²) in [5.74, 6) is -0.215. The SMILES string of the molecule is COCc1ccc(C(=O)NCCO)cc1-c1ccc(Cl)cc1. The summed E-state index contributed by atoms with van der Waals surface area (Å²) in [6.45, 7) is 0.600. The molecular weight excluding hydrogens is 302 g/mol. The molecule has 0 heterocycles. The van der Waals surface area contributed by atoms with Gasteiger partial charge in [0.25, 0.3) is 5.91 Å². The fourth-order valence-electron chi connectivity index (χ4n) is 2.17. The Hall–Kier alpha value is -1.88. The van der Waals surface area contributed by atoms with Crippen LogP contribution in [-0.2, 0) is 11.3 Å². The number of aliphatic hydroxyl groups excluding tert-OH is 1. The van der Waals surface area contributed by atoms with Crippen LogP contribution in [-0.4, -0.2) is 31.3 Å². The molecule has 2 aromatic carbocycles. The van der Waals surface area contributed by atoms with Crippen LogP contribution in [0.3, 0.4) is 0 Å². The first-order chi connectivity index (χ1) is 10.7. The van der Waals surface area contributed by atoms with E-state index in [1.165, 1.54) is 0 Å². The van der Waals surface area contributed by atoms with Crippen molar-refractivity contribution in [1.82, 2.24) is 5.32 Å². The van der Waals surface area contributed by atoms with E-state index >= 15 is 0 Å². The smallest absolute Gasteiger partial charge is 0.251 e. The number of ether oxygens (including phenoxy) is 1. The highest BCUT2D eigenvalue weighted by Crippen LogP contribution is 2.27. The molecule has 2 rings (SSSR count). The third-order valence-corrected chi connectivity index (χ3v) is 3.48. The minimum absolute atomic E-state index is 0.0858. The molecule has 0 saturated heterocycles. The lowest BCUT2D eigenvalue weighted by Crippen LogP contribution is -2.26. The largest absolute Gasteiger partial charge is 0.395 e. The highest BCUT2D eigenvalue weighted by molar-refractivity contribution is 6.30. The Labute approximate surface area is 134 Å². The Bertz CT molecular complexity index is 641. The van der Waals surface area contributed by atoms with E-state index in [-0.39, 0.29) is 19.1 Å². The molecule has 0 bridgehead atoms. The average molecular weight is 320 g/mol. The maximum Gasteiger partial charge on any atom is 0.251 e. The zero-order chi connectivity index (χ0) is 15.9. The number of halogens is 1. The van der Waals surface area contributed by atoms with Gasteiger partial charge in [0.05, 0.1) is 13.2 Å². The number of aliphatic hydroxyl groups is 1. The molecule has 0 fully saturated rings. The summed E-state index contributed by atoms with van der Waals surface area (Å²) in [6, 6.07) is 12.9. The van der Waals surface area contributed by atoms with Crippen molar-refractivity contribution in [2.45, 2.75) is 6.61 Å². The standard InChI is InChI=1S/C17H18ClNO3/c1-22-11-14-3-2-13(17(21)19-8-9-20)10-16(14)12-4-6-15(18)7-5-12/h2-7,10,20H,8-9,11H2,1H3,(H,19,21). The van der Waals surface area contributed by atoms with Crippen LogP contribution in [0, 0.1) is 0 Å². The summed E-state index contributed by atoms with van der Waals surface area (Å²) >= 11 is 5.93. The topological polar surface area (TPSA) is 58.6 Å². The van der Waals surface area contributed by atoms with Crippen molar-refractivity contribution >= 4 is 17.5 Å². The number of nitrogens with one attached hydrogen (secondary N) is 1. The molecule has 0 aliphatic carbocycles. The Morgan fingerprint density at radius 3 is 2.59 bits per heavy atom. The van der Waals surface area contributed by atoms with Crippen molar-refractivity contribution in [2.75, 3.05) is 20.3 Å². The second-order valence-electron chi connectivity index (χ2n) is 4.79. The maximum atomic E-state index is 12.0. The summed E-state index contributed by atoms with van der Waals surface area (Å²) in [5.41, 5.74) is 3.42. The van der Waals surface area contributed by atoms with E-state index < -0.39 is 0 Å². The van der Waals surface area contributed by atoms with E-state index in [1.807, 2.05) is 36.4 Å². The van der Waals surface area contributed by atoms with Gasteiger partial charge in [-0.15, -0.1) is 0 Å². The minimum atomic E-state index is -0.215. The van der Waals surface area contributed by atoms with Crippen LogP contribution in [0.25, 0.3) is 11.1 Å². The fraction of sp³-hybridized carbons (Fsp3) is 0.235. The second-order valence-corrected chi connectivity index (χ2v) is 5.23. The fourth-order valence-corrected chi connectivity index (χ4v) is 2.29. The molecule has 0 aromatic heterocycles. The summed E-state index contributed by atoms with van der Waals surface area (Å²) < 4.78 is 5.22. The average Bonchev–Trinajstić information content (AvgIpc) is 2.54. The van der Waals surface area contributed by atoms with E-state index in [4.69, 9.17) is 21.4 Å². The molecule has 5 heteroatoms. The van der Waals surface area contributed by atoms with Crippen LogP contribution >= 0.6 is 11.6 Å². The van der Waals surface area contributed by atoms with Crippen molar-refractivity contribution in [2.24, 2.45) is 0 Å². The molecule has 0 saturated carbocycles. The van der Waals surface area contributed by atoms with E-state index in [0.717, 1.165) is 16.7 Å². The van der Waals surface area contributed by atoms with Gasteiger partial charge in [0.1, 0.15) is 0 Å². The first-order valence-electron chi connectivity index (χ1n) is 6.92. The van der Waals surface area contributed by atoms with Crippen LogP contribution in [0.15, 0.2) is 42.5 Å². The number of benzene rings is 2. The molecule has 22 heavy (non-hydrogen) atoms. The van der Waals surface area contributed by atoms with Crippen LogP contribution in [0.4, 0.5) is 0 Å². The zero-order valence-electron chi connectivity index (χ0n) is 12.3. The highest BCUT2D eigenvalue weighted by atomic mass is 35.5. The molecule has 0 aliphatic rings. The van der Waals surface area contributed by atoms with Gasteiger partial charge in [-0.3, -0.25) is 4.79 Å². The van der Waals surface area contributed by atoms with Gasteiger partial charge < -0.3 is 15.2 Å². The summed E-state index contributed by atoms with van der Waals surface area (Å²) in [4.78, 5) is 12.0. The van der Waals surface area contributed by atoms with Gasteiger partial charge in [0, 0.05) is 24.2 Å². The molecule has 0 spiro atoms. The van der Waals surface area contributed by atoms with Crippen LogP contribution in [0.1, 0.15) is 15.9 Å². The number of amides is 1. The van der Waals surface area contributed by atoms with Gasteiger partial charge in [-0.1, -0.05) is 29.8 Å². The van der Waals surface area contributed by atoms with E-state index in [9.17, 15) is 4.79 Å². The van der Waals surface area contributed by atoms with Gasteiger partial charge in [-0.2, -0.15) is 0 Å². The molecule has 0 aliphatic heterocycles. The van der Waals surface area contributed by atoms with Crippen molar-refractivity contribution in [1.29, 1.82) is 0 Å². The van der Waals surface area contributed by atoms with Gasteiger partial charge in [0.2, 0.25) is 0 Å². The Morgan fingerprint density at radius 1 is 1.23 bits per heavy atom. The van der Waals surface area contributed by atoms with Gasteiger partial charge in [-0.25, -0.2) is 0 Å². The first-order valence-corrected chi connectivity index (χ1v) is 7.30. The summed E-state index contributed by atoms with van der Waals surface area (Å²) in [6.07, 6.45) is 0. The van der Waals surface area contributed by atoms with E-state index in [1.54, 1.807) is 13.2 Å². The molecule has 2 N–H and O–H groups in total. The molecule has 116 valence electrons. The van der Waals surface area contributed by atoms with Crippen molar-refractivity contribution in [3.63, 3.8) is 0 Å². The predicted molar refractivity (Wildman–Crippen MR) is 87.0 cm³/mol. The van der Waals surface area contributed by atoms with E-state index in [2.05, 4.69) is 5.32 Å². The molecule has 0 unspecified atom stereocenters. The Balaban J connectivity index is 2.39. The quantitative estimate of drug-likeness (QED) is 0.860. The monoisotopic (exact) mass is 319 g/mol. The van der Waals surface area contributed by atoms with E-state index in [0.29, 0.717) is 17.2 Å². The molecule has 0 radical (unpaired) electrons. The number of carbonyl (C=O) groups excluding carboxylic acids is 1. The van der Waals surface area contributed by atoms with Crippen LogP contribution < -0.4 is 5.32 Å². The normalized spacial score (nSPS) is 10.5. The summed E-state index contributed by atoms with van der Waals surface area (Å²) in [5, 5.41) is 12.1. The lowest BCUT2D eigenvalue weighted by Gasteiger charge is -2.12. The number of hydrogen-bond acceptors (Lipinski definition) is 3. The predicted octanol–water partition coefficient (Wildman–Crippen LogP) is 2.88. The second kappa shape index (κ2) is 7.94. The Kier molecular flexibility index (Phi) is 5.95. The molecule has 1 amide bonds. The van der Waals surface area contributed by atoms with Crippen molar-refractivity contribution < 1.29 is 14.6 Å². The van der Waals surface area contributed by atoms with Gasteiger partial charge in [0.15, 0.2) is 0 Å². The molecule has 0 atom stereocenters. The number of methoxy groups -OCH3 is 1. The van der Waals surface area contributed by atoms with Crippen molar-refractivity contribution in [3.05, 3.63) is 58.6 Å². The lowest BCUT2D eigenvalue weighted by molar-refractivity contribution is 0.0944. The molecule has 4 nitrogen and oxygen atoms in total. The zero-order valence-corrected chi connectivity index (χ0v) is 13.1. The van der Waals surface area contributed by atoms with Gasteiger partial charge in [-0.05, 0) is 41.0 Å². The third-order valence-electron chi connectivity index (χ3n) is 3.22. The lowest BCUT2D eigenvalue weighted by atomic mass is 9.97. The van der Waals surface area contributed by atoms with Crippen LogP contribution in [0.5, 0.6) is 0 Å². The summed E-state index contributed by atoms with van der Waals surface area (Å²) in [7, 11) is 1.63. The number of rotatable bonds is 6.